The molecule has 0 radical (unpaired) electrons. The fraction of sp³-hybridized carbons (Fsp3) is 0.158. The third kappa shape index (κ3) is 2.86. The second kappa shape index (κ2) is 6.34. The quantitative estimate of drug-likeness (QED) is 0.596. The highest BCUT2D eigenvalue weighted by Crippen LogP contribution is 2.31. The fourth-order valence-corrected chi connectivity index (χ4v) is 3.60. The van der Waals surface area contributed by atoms with Crippen LogP contribution in [0.3, 0.4) is 0 Å². The van der Waals surface area contributed by atoms with Crippen LogP contribution in [-0.2, 0) is 0 Å². The first-order valence-corrected chi connectivity index (χ1v) is 9.01. The average molecular weight is 363 g/mol. The van der Waals surface area contributed by atoms with Gasteiger partial charge >= 0.3 is 0 Å². The minimum absolute atomic E-state index is 0.139. The summed E-state index contributed by atoms with van der Waals surface area (Å²) in [6.45, 7) is 5.89. The number of aryl methyl sites for hydroxylation is 3. The molecule has 0 aliphatic heterocycles. The van der Waals surface area contributed by atoms with Gasteiger partial charge in [-0.1, -0.05) is 29.5 Å². The Hall–Kier alpha value is -3.06. The van der Waals surface area contributed by atoms with Gasteiger partial charge in [-0.3, -0.25) is 4.79 Å². The van der Waals surface area contributed by atoms with Gasteiger partial charge in [-0.2, -0.15) is 9.61 Å². The van der Waals surface area contributed by atoms with Crippen LogP contribution in [-0.4, -0.2) is 25.7 Å². The minimum Gasteiger partial charge on any atom is -0.321 e. The van der Waals surface area contributed by atoms with Gasteiger partial charge in [0.1, 0.15) is 5.01 Å². The van der Waals surface area contributed by atoms with E-state index in [0.29, 0.717) is 5.56 Å². The average Bonchev–Trinajstić information content (AvgIpc) is 3.20. The van der Waals surface area contributed by atoms with Crippen LogP contribution in [0.4, 0.5) is 5.69 Å². The molecule has 0 aliphatic carbocycles. The normalized spacial score (nSPS) is 11.0. The van der Waals surface area contributed by atoms with E-state index < -0.39 is 0 Å². The van der Waals surface area contributed by atoms with Gasteiger partial charge in [0.25, 0.3) is 5.91 Å². The zero-order chi connectivity index (χ0) is 18.3. The molecular weight excluding hydrogens is 346 g/mol. The summed E-state index contributed by atoms with van der Waals surface area (Å²) in [4.78, 5) is 13.4. The number of fused-ring (bicyclic) bond motifs is 1. The molecule has 26 heavy (non-hydrogen) atoms. The number of para-hydroxylation sites is 1. The number of amides is 1. The summed E-state index contributed by atoms with van der Waals surface area (Å²) < 4.78 is 1.71. The summed E-state index contributed by atoms with van der Waals surface area (Å²) in [5.74, 6) is 0.596. The van der Waals surface area contributed by atoms with Gasteiger partial charge < -0.3 is 5.32 Å². The lowest BCUT2D eigenvalue weighted by molar-refractivity contribution is 0.102. The van der Waals surface area contributed by atoms with Crippen molar-refractivity contribution in [2.75, 3.05) is 5.32 Å². The van der Waals surface area contributed by atoms with Gasteiger partial charge in [0.15, 0.2) is 5.82 Å². The Bertz CT molecular complexity index is 1130. The first kappa shape index (κ1) is 16.4. The number of benzene rings is 2. The van der Waals surface area contributed by atoms with E-state index in [1.54, 1.807) is 4.52 Å². The predicted octanol–water partition coefficient (Wildman–Crippen LogP) is 4.03. The van der Waals surface area contributed by atoms with Crippen molar-refractivity contribution in [3.8, 4) is 10.6 Å². The lowest BCUT2D eigenvalue weighted by Crippen LogP contribution is -2.13. The largest absolute Gasteiger partial charge is 0.321 e. The van der Waals surface area contributed by atoms with Crippen LogP contribution in [0, 0.1) is 20.8 Å². The van der Waals surface area contributed by atoms with E-state index in [1.807, 2.05) is 63.2 Å². The summed E-state index contributed by atoms with van der Waals surface area (Å²) in [5, 5.41) is 16.5. The van der Waals surface area contributed by atoms with E-state index in [4.69, 9.17) is 0 Å². The van der Waals surface area contributed by atoms with E-state index >= 15 is 0 Å². The molecule has 130 valence electrons. The Morgan fingerprint density at radius 1 is 1.04 bits per heavy atom. The first-order chi connectivity index (χ1) is 12.5. The van der Waals surface area contributed by atoms with Crippen molar-refractivity contribution >= 4 is 27.9 Å². The molecule has 0 fully saturated rings. The maximum Gasteiger partial charge on any atom is 0.255 e. The van der Waals surface area contributed by atoms with Gasteiger partial charge in [-0.15, -0.1) is 10.2 Å². The number of hydrogen-bond acceptors (Lipinski definition) is 5. The summed E-state index contributed by atoms with van der Waals surface area (Å²) in [6.07, 6.45) is 0. The highest BCUT2D eigenvalue weighted by Gasteiger charge is 2.15. The Kier molecular flexibility index (Phi) is 4.00. The number of carbonyl (C=O) groups excluding carboxylic acids is 1. The van der Waals surface area contributed by atoms with E-state index in [1.165, 1.54) is 11.3 Å². The van der Waals surface area contributed by atoms with Crippen LogP contribution in [0.1, 0.15) is 27.3 Å². The van der Waals surface area contributed by atoms with Crippen LogP contribution in [0.5, 0.6) is 0 Å². The molecule has 1 N–H and O–H groups in total. The van der Waals surface area contributed by atoms with Crippen molar-refractivity contribution in [1.29, 1.82) is 0 Å². The SMILES string of the molecule is Cc1ccc(C(=O)Nc2ccccc2-c2nn3c(C)nnc3s2)cc1C. The van der Waals surface area contributed by atoms with E-state index in [2.05, 4.69) is 20.6 Å². The molecule has 0 spiro atoms. The van der Waals surface area contributed by atoms with Gasteiger partial charge in [0, 0.05) is 11.1 Å². The van der Waals surface area contributed by atoms with Crippen LogP contribution in [0.25, 0.3) is 15.5 Å². The molecule has 6 nitrogen and oxygen atoms in total. The highest BCUT2D eigenvalue weighted by molar-refractivity contribution is 7.19. The van der Waals surface area contributed by atoms with Gasteiger partial charge in [-0.25, -0.2) is 0 Å². The predicted molar refractivity (Wildman–Crippen MR) is 103 cm³/mol. The molecule has 2 aromatic carbocycles. The number of rotatable bonds is 3. The molecule has 0 aliphatic rings. The second-order valence-electron chi connectivity index (χ2n) is 6.15. The van der Waals surface area contributed by atoms with E-state index in [-0.39, 0.29) is 5.91 Å². The first-order valence-electron chi connectivity index (χ1n) is 8.20. The zero-order valence-electron chi connectivity index (χ0n) is 14.6. The Balaban J connectivity index is 1.69. The number of nitrogens with zero attached hydrogens (tertiary/aromatic N) is 4. The smallest absolute Gasteiger partial charge is 0.255 e. The van der Waals surface area contributed by atoms with Crippen molar-refractivity contribution in [3.63, 3.8) is 0 Å². The van der Waals surface area contributed by atoms with Crippen molar-refractivity contribution in [2.24, 2.45) is 0 Å². The molecule has 0 unspecified atom stereocenters. The maximum atomic E-state index is 12.7. The Morgan fingerprint density at radius 2 is 1.85 bits per heavy atom. The molecule has 7 heteroatoms. The summed E-state index contributed by atoms with van der Waals surface area (Å²) in [6, 6.07) is 13.3. The van der Waals surface area contributed by atoms with Crippen LogP contribution >= 0.6 is 11.3 Å². The monoisotopic (exact) mass is 363 g/mol. The molecule has 1 amide bonds. The molecule has 4 aromatic rings. The lowest BCUT2D eigenvalue weighted by atomic mass is 10.1. The highest BCUT2D eigenvalue weighted by atomic mass is 32.1. The maximum absolute atomic E-state index is 12.7. The molecule has 0 saturated heterocycles. The summed E-state index contributed by atoms with van der Waals surface area (Å²) in [5.41, 5.74) is 4.47. The number of aromatic nitrogens is 4. The van der Waals surface area contributed by atoms with Crippen molar-refractivity contribution in [3.05, 3.63) is 65.0 Å². The third-order valence-electron chi connectivity index (χ3n) is 4.32. The number of carbonyl (C=O) groups is 1. The lowest BCUT2D eigenvalue weighted by Gasteiger charge is -2.10. The fourth-order valence-electron chi connectivity index (χ4n) is 2.68. The number of hydrogen-bond donors (Lipinski definition) is 1. The third-order valence-corrected chi connectivity index (χ3v) is 5.25. The van der Waals surface area contributed by atoms with Crippen molar-refractivity contribution < 1.29 is 4.79 Å². The van der Waals surface area contributed by atoms with E-state index in [0.717, 1.165) is 38.2 Å². The molecule has 2 aromatic heterocycles. The molecule has 4 rings (SSSR count). The zero-order valence-corrected chi connectivity index (χ0v) is 15.5. The summed E-state index contributed by atoms with van der Waals surface area (Å²) >= 11 is 1.44. The molecule has 0 atom stereocenters. The van der Waals surface area contributed by atoms with Crippen LogP contribution < -0.4 is 5.32 Å². The Labute approximate surface area is 154 Å². The number of nitrogens with one attached hydrogen (secondary N) is 1. The standard InChI is InChI=1S/C19H17N5OS/c1-11-8-9-14(10-12(11)2)17(25)20-16-7-5-4-6-15(16)18-23-24-13(3)21-22-19(24)26-18/h4-10H,1-3H3,(H,20,25). The van der Waals surface area contributed by atoms with Gasteiger partial charge in [-0.05, 0) is 56.2 Å². The number of anilines is 1. The van der Waals surface area contributed by atoms with Crippen molar-refractivity contribution in [1.82, 2.24) is 19.8 Å². The molecule has 2 heterocycles. The molecule has 0 saturated carbocycles. The van der Waals surface area contributed by atoms with Gasteiger partial charge in [0.2, 0.25) is 4.96 Å². The van der Waals surface area contributed by atoms with Crippen LogP contribution in [0.2, 0.25) is 0 Å². The molecular formula is C19H17N5OS. The van der Waals surface area contributed by atoms with Crippen LogP contribution in [0.15, 0.2) is 42.5 Å². The molecule has 0 bridgehead atoms. The topological polar surface area (TPSA) is 72.2 Å². The van der Waals surface area contributed by atoms with Crippen molar-refractivity contribution in [2.45, 2.75) is 20.8 Å². The summed E-state index contributed by atoms with van der Waals surface area (Å²) in [7, 11) is 0. The Morgan fingerprint density at radius 3 is 2.62 bits per heavy atom. The van der Waals surface area contributed by atoms with Gasteiger partial charge in [0.05, 0.1) is 5.69 Å². The van der Waals surface area contributed by atoms with E-state index in [9.17, 15) is 4.79 Å². The second-order valence-corrected chi connectivity index (χ2v) is 7.10. The minimum atomic E-state index is -0.139.